The van der Waals surface area contributed by atoms with Crippen molar-refractivity contribution in [2.75, 3.05) is 41.8 Å². The van der Waals surface area contributed by atoms with E-state index in [0.717, 1.165) is 47.0 Å². The highest BCUT2D eigenvalue weighted by atomic mass is 16.5. The van der Waals surface area contributed by atoms with Gasteiger partial charge in [0.25, 0.3) is 0 Å². The van der Waals surface area contributed by atoms with Crippen molar-refractivity contribution in [1.29, 1.82) is 0 Å². The third-order valence-electron chi connectivity index (χ3n) is 5.42. The molecule has 0 saturated carbocycles. The Hall–Kier alpha value is -3.98. The Kier molecular flexibility index (Phi) is 5.86. The smallest absolute Gasteiger partial charge is 0.244 e. The molecule has 0 radical (unpaired) electrons. The molecule has 1 saturated heterocycles. The van der Waals surface area contributed by atoms with Crippen LogP contribution in [-0.2, 0) is 16.1 Å². The maximum Gasteiger partial charge on any atom is 0.244 e. The topological polar surface area (TPSA) is 97.2 Å². The summed E-state index contributed by atoms with van der Waals surface area (Å²) >= 11 is 0. The molecule has 4 aromatic rings. The minimum atomic E-state index is -0.111. The van der Waals surface area contributed by atoms with E-state index in [-0.39, 0.29) is 12.5 Å². The van der Waals surface area contributed by atoms with Gasteiger partial charge in [-0.2, -0.15) is 4.98 Å². The number of anilines is 4. The van der Waals surface area contributed by atoms with Gasteiger partial charge >= 0.3 is 0 Å². The van der Waals surface area contributed by atoms with E-state index in [4.69, 9.17) is 4.74 Å². The number of benzene rings is 2. The highest BCUT2D eigenvalue weighted by Gasteiger charge is 2.15. The molecule has 3 heterocycles. The first-order valence-corrected chi connectivity index (χ1v) is 10.9. The van der Waals surface area contributed by atoms with Crippen LogP contribution in [0.4, 0.5) is 23.1 Å². The van der Waals surface area contributed by atoms with Gasteiger partial charge in [-0.05, 0) is 43.3 Å². The molecule has 168 valence electrons. The average Bonchev–Trinajstić information content (AvgIpc) is 3.23. The van der Waals surface area contributed by atoms with Crippen LogP contribution < -0.4 is 15.5 Å². The van der Waals surface area contributed by atoms with E-state index in [1.165, 1.54) is 0 Å². The second-order valence-electron chi connectivity index (χ2n) is 7.91. The molecule has 2 N–H and O–H groups in total. The molecular weight excluding hydrogens is 418 g/mol. The fraction of sp³-hybridized carbons (Fsp3) is 0.250. The molecule has 1 fully saturated rings. The zero-order chi connectivity index (χ0) is 22.6. The van der Waals surface area contributed by atoms with Gasteiger partial charge in [-0.15, -0.1) is 0 Å². The number of rotatable bonds is 6. The number of nitrogens with one attached hydrogen (secondary N) is 2. The number of aryl methyl sites for hydroxylation is 1. The number of amides is 1. The lowest BCUT2D eigenvalue weighted by atomic mass is 10.2. The summed E-state index contributed by atoms with van der Waals surface area (Å²) in [4.78, 5) is 28.2. The van der Waals surface area contributed by atoms with E-state index in [1.54, 1.807) is 6.33 Å². The summed E-state index contributed by atoms with van der Waals surface area (Å²) in [5, 5.41) is 6.26. The molecule has 0 spiro atoms. The largest absolute Gasteiger partial charge is 0.378 e. The van der Waals surface area contributed by atoms with Gasteiger partial charge in [-0.1, -0.05) is 12.1 Å². The number of ether oxygens (including phenoxy) is 1. The van der Waals surface area contributed by atoms with Crippen molar-refractivity contribution < 1.29 is 9.53 Å². The average molecular weight is 444 g/mol. The lowest BCUT2D eigenvalue weighted by Crippen LogP contribution is -2.37. The quantitative estimate of drug-likeness (QED) is 0.472. The Morgan fingerprint density at radius 3 is 2.61 bits per heavy atom. The third kappa shape index (κ3) is 4.93. The summed E-state index contributed by atoms with van der Waals surface area (Å²) in [6, 6.07) is 17.2. The monoisotopic (exact) mass is 443 g/mol. The van der Waals surface area contributed by atoms with Gasteiger partial charge in [0.2, 0.25) is 11.9 Å². The SMILES string of the molecule is Cc1cc(Nc2ccc(NC(=O)Cn3cnc4ccccc43)cc2)nc(N2CCOCC2)n1. The Morgan fingerprint density at radius 1 is 1.03 bits per heavy atom. The van der Waals surface area contributed by atoms with Crippen molar-refractivity contribution in [3.8, 4) is 0 Å². The van der Waals surface area contributed by atoms with Gasteiger partial charge in [0, 0.05) is 36.2 Å². The van der Waals surface area contributed by atoms with Crippen LogP contribution in [0.2, 0.25) is 0 Å². The zero-order valence-electron chi connectivity index (χ0n) is 18.4. The lowest BCUT2D eigenvalue weighted by Gasteiger charge is -2.27. The summed E-state index contributed by atoms with van der Waals surface area (Å²) in [6.45, 7) is 5.09. The molecule has 9 nitrogen and oxygen atoms in total. The van der Waals surface area contributed by atoms with Crippen LogP contribution in [0.25, 0.3) is 11.0 Å². The summed E-state index contributed by atoms with van der Waals surface area (Å²) in [6.07, 6.45) is 1.69. The Labute approximate surface area is 191 Å². The molecular formula is C24H25N7O2. The maximum atomic E-state index is 12.5. The molecule has 1 aliphatic heterocycles. The van der Waals surface area contributed by atoms with E-state index in [1.807, 2.05) is 66.1 Å². The summed E-state index contributed by atoms with van der Waals surface area (Å²) < 4.78 is 7.25. The first-order chi connectivity index (χ1) is 16.1. The minimum Gasteiger partial charge on any atom is -0.378 e. The summed E-state index contributed by atoms with van der Waals surface area (Å²) in [5.74, 6) is 1.32. The van der Waals surface area contributed by atoms with Gasteiger partial charge in [0.15, 0.2) is 0 Å². The number of nitrogens with zero attached hydrogens (tertiary/aromatic N) is 5. The van der Waals surface area contributed by atoms with Crippen LogP contribution >= 0.6 is 0 Å². The number of aromatic nitrogens is 4. The van der Waals surface area contributed by atoms with Crippen molar-refractivity contribution in [2.24, 2.45) is 0 Å². The van der Waals surface area contributed by atoms with Gasteiger partial charge in [0.05, 0.1) is 30.6 Å². The molecule has 5 rings (SSSR count). The Morgan fingerprint density at radius 2 is 1.79 bits per heavy atom. The predicted molar refractivity (Wildman–Crippen MR) is 128 cm³/mol. The van der Waals surface area contributed by atoms with Crippen molar-refractivity contribution in [3.05, 3.63) is 66.6 Å². The first-order valence-electron chi connectivity index (χ1n) is 10.9. The highest BCUT2D eigenvalue weighted by Crippen LogP contribution is 2.21. The van der Waals surface area contributed by atoms with E-state index in [0.29, 0.717) is 19.2 Å². The van der Waals surface area contributed by atoms with Crippen LogP contribution in [0.5, 0.6) is 0 Å². The summed E-state index contributed by atoms with van der Waals surface area (Å²) in [5.41, 5.74) is 4.30. The van der Waals surface area contributed by atoms with E-state index >= 15 is 0 Å². The van der Waals surface area contributed by atoms with E-state index in [9.17, 15) is 4.79 Å². The van der Waals surface area contributed by atoms with Crippen LogP contribution in [0.15, 0.2) is 60.9 Å². The van der Waals surface area contributed by atoms with Crippen molar-refractivity contribution in [3.63, 3.8) is 0 Å². The second kappa shape index (κ2) is 9.25. The van der Waals surface area contributed by atoms with E-state index in [2.05, 4.69) is 30.5 Å². The number of fused-ring (bicyclic) bond motifs is 1. The molecule has 0 bridgehead atoms. The molecule has 2 aromatic heterocycles. The van der Waals surface area contributed by atoms with Crippen LogP contribution in [0, 0.1) is 6.92 Å². The molecule has 0 atom stereocenters. The highest BCUT2D eigenvalue weighted by molar-refractivity contribution is 5.91. The normalized spacial score (nSPS) is 13.8. The van der Waals surface area contributed by atoms with Gasteiger partial charge in [-0.25, -0.2) is 9.97 Å². The maximum absolute atomic E-state index is 12.5. The zero-order valence-corrected chi connectivity index (χ0v) is 18.4. The molecule has 9 heteroatoms. The standard InChI is InChI=1S/C24H25N7O2/c1-17-14-22(29-24(26-17)30-10-12-33-13-11-30)27-18-6-8-19(9-7-18)28-23(32)15-31-16-25-20-4-2-3-5-21(20)31/h2-9,14,16H,10-13,15H2,1H3,(H,28,32)(H,26,27,29). The van der Waals surface area contributed by atoms with E-state index < -0.39 is 0 Å². The van der Waals surface area contributed by atoms with Crippen LogP contribution in [0.3, 0.4) is 0 Å². The van der Waals surface area contributed by atoms with Gasteiger partial charge in [-0.3, -0.25) is 4.79 Å². The van der Waals surface area contributed by atoms with Gasteiger partial charge < -0.3 is 24.8 Å². The molecule has 0 aliphatic carbocycles. The minimum absolute atomic E-state index is 0.111. The third-order valence-corrected chi connectivity index (χ3v) is 5.42. The fourth-order valence-corrected chi connectivity index (χ4v) is 3.80. The molecule has 2 aromatic carbocycles. The predicted octanol–water partition coefficient (Wildman–Crippen LogP) is 3.35. The number of carbonyl (C=O) groups is 1. The van der Waals surface area contributed by atoms with Gasteiger partial charge in [0.1, 0.15) is 12.4 Å². The van der Waals surface area contributed by atoms with Crippen molar-refractivity contribution >= 4 is 40.1 Å². The van der Waals surface area contributed by atoms with Crippen LogP contribution in [0.1, 0.15) is 5.69 Å². The van der Waals surface area contributed by atoms with Crippen molar-refractivity contribution in [1.82, 2.24) is 19.5 Å². The Bertz CT molecular complexity index is 1260. The second-order valence-corrected chi connectivity index (χ2v) is 7.91. The van der Waals surface area contributed by atoms with Crippen molar-refractivity contribution in [2.45, 2.75) is 13.5 Å². The van der Waals surface area contributed by atoms with Crippen LogP contribution in [-0.4, -0.2) is 51.7 Å². The Balaban J connectivity index is 1.22. The molecule has 1 aliphatic rings. The number of hydrogen-bond acceptors (Lipinski definition) is 7. The molecule has 33 heavy (non-hydrogen) atoms. The number of hydrogen-bond donors (Lipinski definition) is 2. The number of carbonyl (C=O) groups excluding carboxylic acids is 1. The number of imidazole rings is 1. The molecule has 1 amide bonds. The number of morpholine rings is 1. The fourth-order valence-electron chi connectivity index (χ4n) is 3.80. The number of para-hydroxylation sites is 2. The lowest BCUT2D eigenvalue weighted by molar-refractivity contribution is -0.116. The summed E-state index contributed by atoms with van der Waals surface area (Å²) in [7, 11) is 0. The first kappa shape index (κ1) is 20.9. The molecule has 0 unspecified atom stereocenters.